The van der Waals surface area contributed by atoms with Crippen molar-refractivity contribution in [1.29, 1.82) is 0 Å². The second-order valence-corrected chi connectivity index (χ2v) is 8.19. The van der Waals surface area contributed by atoms with Crippen LogP contribution in [0, 0.1) is 0 Å². The molecule has 0 spiro atoms. The highest BCUT2D eigenvalue weighted by Gasteiger charge is 2.21. The zero-order valence-electron chi connectivity index (χ0n) is 15.1. The number of hydrogen-bond acceptors (Lipinski definition) is 5. The molecule has 0 aliphatic rings. The van der Waals surface area contributed by atoms with Gasteiger partial charge in [0.2, 0.25) is 10.0 Å². The summed E-state index contributed by atoms with van der Waals surface area (Å²) in [6, 6.07) is 7.58. The number of carbonyl (C=O) groups is 1. The lowest BCUT2D eigenvalue weighted by atomic mass is 10.2. The molecule has 2 aromatic carbocycles. The standard InChI is InChI=1S/C17H17ClF2N2O5S/c1-22(2)28(24,25)11-5-6-13(18)12(9-11)16(23)21-10-4-7-14(26-3)15(8-10)27-17(19)20/h4-9,17H,1-3H3,(H,21,23). The second kappa shape index (κ2) is 8.72. The summed E-state index contributed by atoms with van der Waals surface area (Å²) in [5.74, 6) is -0.949. The Hall–Kier alpha value is -2.43. The van der Waals surface area contributed by atoms with Crippen molar-refractivity contribution in [3.63, 3.8) is 0 Å². The number of benzene rings is 2. The van der Waals surface area contributed by atoms with Crippen LogP contribution >= 0.6 is 11.6 Å². The Morgan fingerprint density at radius 2 is 1.82 bits per heavy atom. The number of sulfonamides is 1. The number of anilines is 1. The van der Waals surface area contributed by atoms with E-state index in [9.17, 15) is 22.0 Å². The van der Waals surface area contributed by atoms with E-state index < -0.39 is 22.5 Å². The molecule has 0 aromatic heterocycles. The first-order valence-corrected chi connectivity index (χ1v) is 9.54. The summed E-state index contributed by atoms with van der Waals surface area (Å²) < 4.78 is 59.8. The molecule has 0 saturated carbocycles. The molecule has 28 heavy (non-hydrogen) atoms. The normalized spacial score (nSPS) is 11.6. The Morgan fingerprint density at radius 1 is 1.14 bits per heavy atom. The molecule has 0 heterocycles. The number of halogens is 3. The van der Waals surface area contributed by atoms with Gasteiger partial charge in [0.1, 0.15) is 0 Å². The van der Waals surface area contributed by atoms with Crippen molar-refractivity contribution in [2.75, 3.05) is 26.5 Å². The van der Waals surface area contributed by atoms with Crippen LogP contribution in [0.15, 0.2) is 41.3 Å². The van der Waals surface area contributed by atoms with Crippen molar-refractivity contribution >= 4 is 33.2 Å². The Balaban J connectivity index is 2.35. The Bertz CT molecular complexity index is 984. The van der Waals surface area contributed by atoms with Crippen molar-refractivity contribution in [3.05, 3.63) is 47.0 Å². The van der Waals surface area contributed by atoms with Gasteiger partial charge in [0, 0.05) is 25.8 Å². The smallest absolute Gasteiger partial charge is 0.387 e. The maximum absolute atomic E-state index is 12.5. The predicted molar refractivity (Wildman–Crippen MR) is 99.9 cm³/mol. The Kier molecular flexibility index (Phi) is 6.81. The number of alkyl halides is 2. The minimum Gasteiger partial charge on any atom is -0.493 e. The van der Waals surface area contributed by atoms with E-state index in [0.717, 1.165) is 16.4 Å². The molecule has 7 nitrogen and oxygen atoms in total. The first kappa shape index (κ1) is 21.9. The third kappa shape index (κ3) is 4.89. The molecule has 0 aliphatic carbocycles. The Labute approximate surface area is 165 Å². The van der Waals surface area contributed by atoms with E-state index >= 15 is 0 Å². The van der Waals surface area contributed by atoms with Crippen LogP contribution in [0.5, 0.6) is 11.5 Å². The van der Waals surface area contributed by atoms with Crippen LogP contribution in [0.2, 0.25) is 5.02 Å². The van der Waals surface area contributed by atoms with E-state index in [2.05, 4.69) is 10.1 Å². The fraction of sp³-hybridized carbons (Fsp3) is 0.235. The number of nitrogens with zero attached hydrogens (tertiary/aromatic N) is 1. The molecule has 11 heteroatoms. The lowest BCUT2D eigenvalue weighted by Crippen LogP contribution is -2.23. The number of ether oxygens (including phenoxy) is 2. The topological polar surface area (TPSA) is 84.9 Å². The van der Waals surface area contributed by atoms with Crippen LogP contribution in [-0.2, 0) is 10.0 Å². The van der Waals surface area contributed by atoms with Gasteiger partial charge in [-0.1, -0.05) is 11.6 Å². The highest BCUT2D eigenvalue weighted by Crippen LogP contribution is 2.32. The predicted octanol–water partition coefficient (Wildman–Crippen LogP) is 3.45. The molecule has 2 rings (SSSR count). The van der Waals surface area contributed by atoms with Gasteiger partial charge in [0.05, 0.1) is 22.6 Å². The third-order valence-electron chi connectivity index (χ3n) is 3.60. The third-order valence-corrected chi connectivity index (χ3v) is 5.74. The number of hydrogen-bond donors (Lipinski definition) is 1. The minimum atomic E-state index is -3.78. The van der Waals surface area contributed by atoms with Gasteiger partial charge in [-0.2, -0.15) is 8.78 Å². The first-order valence-electron chi connectivity index (χ1n) is 7.72. The van der Waals surface area contributed by atoms with E-state index in [0.29, 0.717) is 0 Å². The average Bonchev–Trinajstić information content (AvgIpc) is 2.61. The zero-order chi connectivity index (χ0) is 21.1. The van der Waals surface area contributed by atoms with Crippen molar-refractivity contribution in [1.82, 2.24) is 4.31 Å². The van der Waals surface area contributed by atoms with Crippen molar-refractivity contribution in [2.24, 2.45) is 0 Å². The summed E-state index contributed by atoms with van der Waals surface area (Å²) in [6.07, 6.45) is 0. The highest BCUT2D eigenvalue weighted by molar-refractivity contribution is 7.89. The maximum Gasteiger partial charge on any atom is 0.387 e. The van der Waals surface area contributed by atoms with Gasteiger partial charge in [-0.05, 0) is 30.3 Å². The van der Waals surface area contributed by atoms with Crippen molar-refractivity contribution in [2.45, 2.75) is 11.5 Å². The van der Waals surface area contributed by atoms with Crippen LogP contribution in [0.3, 0.4) is 0 Å². The molecule has 0 fully saturated rings. The molecular weight excluding hydrogens is 418 g/mol. The number of amides is 1. The molecule has 0 aliphatic heterocycles. The molecule has 1 N–H and O–H groups in total. The molecule has 0 bridgehead atoms. The van der Waals surface area contributed by atoms with E-state index in [1.54, 1.807) is 0 Å². The Morgan fingerprint density at radius 3 is 2.39 bits per heavy atom. The molecule has 0 radical (unpaired) electrons. The van der Waals surface area contributed by atoms with Gasteiger partial charge < -0.3 is 14.8 Å². The minimum absolute atomic E-state index is 0.0211. The van der Waals surface area contributed by atoms with Crippen LogP contribution in [-0.4, -0.2) is 46.4 Å². The van der Waals surface area contributed by atoms with Gasteiger partial charge in [0.15, 0.2) is 11.5 Å². The molecule has 0 atom stereocenters. The lowest BCUT2D eigenvalue weighted by Gasteiger charge is -2.14. The fourth-order valence-corrected chi connectivity index (χ4v) is 3.32. The monoisotopic (exact) mass is 434 g/mol. The highest BCUT2D eigenvalue weighted by atomic mass is 35.5. The second-order valence-electron chi connectivity index (χ2n) is 5.63. The average molecular weight is 435 g/mol. The molecule has 1 amide bonds. The summed E-state index contributed by atoms with van der Waals surface area (Å²) in [5.41, 5.74) is 0.0233. The van der Waals surface area contributed by atoms with Crippen LogP contribution in [0.1, 0.15) is 10.4 Å². The van der Waals surface area contributed by atoms with E-state index in [1.165, 1.54) is 45.5 Å². The largest absolute Gasteiger partial charge is 0.493 e. The summed E-state index contributed by atoms with van der Waals surface area (Å²) in [7, 11) is 0.209. The van der Waals surface area contributed by atoms with Gasteiger partial charge >= 0.3 is 6.61 Å². The lowest BCUT2D eigenvalue weighted by molar-refractivity contribution is -0.0511. The summed E-state index contributed by atoms with van der Waals surface area (Å²) in [4.78, 5) is 12.4. The number of carbonyl (C=O) groups excluding carboxylic acids is 1. The van der Waals surface area contributed by atoms with E-state index in [4.69, 9.17) is 16.3 Å². The van der Waals surface area contributed by atoms with E-state index in [-0.39, 0.29) is 32.7 Å². The van der Waals surface area contributed by atoms with Crippen LogP contribution in [0.4, 0.5) is 14.5 Å². The van der Waals surface area contributed by atoms with Crippen LogP contribution < -0.4 is 14.8 Å². The maximum atomic E-state index is 12.5. The molecular formula is C17H17ClF2N2O5S. The number of rotatable bonds is 7. The number of nitrogens with one attached hydrogen (secondary N) is 1. The number of methoxy groups -OCH3 is 1. The molecule has 152 valence electrons. The summed E-state index contributed by atoms with van der Waals surface area (Å²) in [5, 5.41) is 2.48. The SMILES string of the molecule is COc1ccc(NC(=O)c2cc(S(=O)(=O)N(C)C)ccc2Cl)cc1OC(F)F. The molecule has 0 saturated heterocycles. The van der Waals surface area contributed by atoms with Gasteiger partial charge in [-0.3, -0.25) is 4.79 Å². The van der Waals surface area contributed by atoms with Crippen LogP contribution in [0.25, 0.3) is 0 Å². The summed E-state index contributed by atoms with van der Waals surface area (Å²) >= 11 is 6.02. The van der Waals surface area contributed by atoms with Crippen molar-refractivity contribution < 1.29 is 31.5 Å². The van der Waals surface area contributed by atoms with E-state index in [1.807, 2.05) is 0 Å². The first-order chi connectivity index (χ1) is 13.1. The molecule has 2 aromatic rings. The van der Waals surface area contributed by atoms with Crippen molar-refractivity contribution in [3.8, 4) is 11.5 Å². The van der Waals surface area contributed by atoms with Gasteiger partial charge in [-0.15, -0.1) is 0 Å². The van der Waals surface area contributed by atoms with Gasteiger partial charge in [0.25, 0.3) is 5.91 Å². The summed E-state index contributed by atoms with van der Waals surface area (Å²) in [6.45, 7) is -3.08. The van der Waals surface area contributed by atoms with Gasteiger partial charge in [-0.25, -0.2) is 12.7 Å². The molecule has 0 unspecified atom stereocenters. The quantitative estimate of drug-likeness (QED) is 0.721. The fourth-order valence-electron chi connectivity index (χ4n) is 2.19. The zero-order valence-corrected chi connectivity index (χ0v) is 16.6.